The van der Waals surface area contributed by atoms with Crippen molar-refractivity contribution in [1.82, 2.24) is 9.78 Å². The van der Waals surface area contributed by atoms with Crippen molar-refractivity contribution in [2.75, 3.05) is 17.3 Å². The first kappa shape index (κ1) is 19.6. The number of amides is 2. The van der Waals surface area contributed by atoms with Gasteiger partial charge in [-0.15, -0.1) is 0 Å². The Morgan fingerprint density at radius 1 is 1.18 bits per heavy atom. The maximum absolute atomic E-state index is 12.8. The summed E-state index contributed by atoms with van der Waals surface area (Å²) in [6.45, 7) is 3.47. The zero-order chi connectivity index (χ0) is 20.3. The van der Waals surface area contributed by atoms with Gasteiger partial charge in [0.25, 0.3) is 5.91 Å². The number of benzene rings is 2. The van der Waals surface area contributed by atoms with Gasteiger partial charge in [-0.1, -0.05) is 24.6 Å². The third kappa shape index (κ3) is 4.07. The van der Waals surface area contributed by atoms with E-state index in [1.807, 2.05) is 19.1 Å². The molecule has 2 aromatic carbocycles. The van der Waals surface area contributed by atoms with Crippen LogP contribution in [-0.4, -0.2) is 28.6 Å². The predicted octanol–water partition coefficient (Wildman–Crippen LogP) is 4.32. The number of hydrogen-bond acceptors (Lipinski definition) is 3. The Balaban J connectivity index is 1.82. The van der Waals surface area contributed by atoms with Crippen molar-refractivity contribution in [3.05, 3.63) is 71.0 Å². The minimum absolute atomic E-state index is 0.0576. The normalized spacial score (nSPS) is 10.6. The van der Waals surface area contributed by atoms with Crippen LogP contribution in [0.3, 0.4) is 0 Å². The first-order valence-corrected chi connectivity index (χ1v) is 9.27. The van der Waals surface area contributed by atoms with Crippen LogP contribution in [0.2, 0.25) is 5.02 Å². The van der Waals surface area contributed by atoms with E-state index in [2.05, 4.69) is 10.4 Å². The average molecular weight is 397 g/mol. The first-order chi connectivity index (χ1) is 13.4. The lowest BCUT2D eigenvalue weighted by Gasteiger charge is -2.15. The van der Waals surface area contributed by atoms with E-state index >= 15 is 0 Å². The van der Waals surface area contributed by atoms with Crippen LogP contribution >= 0.6 is 11.6 Å². The summed E-state index contributed by atoms with van der Waals surface area (Å²) < 4.78 is 1.73. The summed E-state index contributed by atoms with van der Waals surface area (Å²) in [7, 11) is 1.70. The molecule has 6 nitrogen and oxygen atoms in total. The number of hydrogen-bond donors (Lipinski definition) is 1. The van der Waals surface area contributed by atoms with Crippen molar-refractivity contribution < 1.29 is 9.59 Å². The fraction of sp³-hybridized carbons (Fsp3) is 0.190. The smallest absolute Gasteiger partial charge is 0.259 e. The van der Waals surface area contributed by atoms with E-state index in [4.69, 9.17) is 11.6 Å². The van der Waals surface area contributed by atoms with E-state index in [9.17, 15) is 9.59 Å². The summed E-state index contributed by atoms with van der Waals surface area (Å²) in [6.07, 6.45) is 2.20. The third-order valence-electron chi connectivity index (χ3n) is 4.49. The maximum atomic E-state index is 12.8. The molecule has 2 amide bonds. The second-order valence-electron chi connectivity index (χ2n) is 6.33. The zero-order valence-electron chi connectivity index (χ0n) is 15.9. The molecule has 1 heterocycles. The van der Waals surface area contributed by atoms with Crippen LogP contribution in [0.1, 0.15) is 29.9 Å². The van der Waals surface area contributed by atoms with E-state index < -0.39 is 0 Å². The van der Waals surface area contributed by atoms with E-state index in [1.165, 1.54) is 11.8 Å². The molecule has 0 radical (unpaired) electrons. The van der Waals surface area contributed by atoms with Crippen LogP contribution in [0.15, 0.2) is 54.7 Å². The number of carbonyl (C=O) groups excluding carboxylic acids is 2. The molecule has 0 aliphatic carbocycles. The zero-order valence-corrected chi connectivity index (χ0v) is 16.7. The van der Waals surface area contributed by atoms with Crippen molar-refractivity contribution in [1.29, 1.82) is 0 Å². The molecule has 0 saturated heterocycles. The van der Waals surface area contributed by atoms with Gasteiger partial charge in [0.1, 0.15) is 0 Å². The molecule has 0 fully saturated rings. The molecule has 144 valence electrons. The highest BCUT2D eigenvalue weighted by molar-refractivity contribution is 6.30. The molecule has 0 aliphatic rings. The Kier molecular flexibility index (Phi) is 5.80. The molecule has 0 saturated carbocycles. The highest BCUT2D eigenvalue weighted by Gasteiger charge is 2.17. The average Bonchev–Trinajstić information content (AvgIpc) is 3.12. The summed E-state index contributed by atoms with van der Waals surface area (Å²) in [4.78, 5) is 25.8. The van der Waals surface area contributed by atoms with Gasteiger partial charge in [0, 0.05) is 30.4 Å². The number of rotatable bonds is 5. The number of nitrogens with one attached hydrogen (secondary N) is 1. The number of carbonyl (C=O) groups is 2. The van der Waals surface area contributed by atoms with Gasteiger partial charge in [0.15, 0.2) is 0 Å². The highest BCUT2D eigenvalue weighted by atomic mass is 35.5. The summed E-state index contributed by atoms with van der Waals surface area (Å²) in [5.41, 5.74) is 3.51. The van der Waals surface area contributed by atoms with Crippen molar-refractivity contribution >= 4 is 34.8 Å². The summed E-state index contributed by atoms with van der Waals surface area (Å²) >= 11 is 6.08. The van der Waals surface area contributed by atoms with Crippen molar-refractivity contribution in [2.45, 2.75) is 20.3 Å². The number of anilines is 2. The van der Waals surface area contributed by atoms with Crippen LogP contribution < -0.4 is 10.2 Å². The first-order valence-electron chi connectivity index (χ1n) is 8.89. The molecule has 0 bridgehead atoms. The highest BCUT2D eigenvalue weighted by Crippen LogP contribution is 2.21. The van der Waals surface area contributed by atoms with Crippen LogP contribution in [0.4, 0.5) is 11.4 Å². The fourth-order valence-electron chi connectivity index (χ4n) is 2.88. The lowest BCUT2D eigenvalue weighted by molar-refractivity contribution is -0.116. The Labute approximate surface area is 168 Å². The van der Waals surface area contributed by atoms with Gasteiger partial charge in [-0.2, -0.15) is 5.10 Å². The molecule has 28 heavy (non-hydrogen) atoms. The molecule has 0 spiro atoms. The van der Waals surface area contributed by atoms with Gasteiger partial charge in [-0.3, -0.25) is 9.59 Å². The Hall–Kier alpha value is -3.12. The maximum Gasteiger partial charge on any atom is 0.259 e. The number of nitrogens with zero attached hydrogens (tertiary/aromatic N) is 3. The number of halogens is 1. The summed E-state index contributed by atoms with van der Waals surface area (Å²) in [5, 5.41) is 7.86. The molecule has 0 atom stereocenters. The van der Waals surface area contributed by atoms with Crippen LogP contribution in [0.25, 0.3) is 5.69 Å². The molecule has 7 heteroatoms. The van der Waals surface area contributed by atoms with E-state index in [-0.39, 0.29) is 11.8 Å². The lowest BCUT2D eigenvalue weighted by atomic mass is 10.1. The van der Waals surface area contributed by atoms with Gasteiger partial charge >= 0.3 is 0 Å². The van der Waals surface area contributed by atoms with Crippen LogP contribution in [0, 0.1) is 0 Å². The Morgan fingerprint density at radius 2 is 1.89 bits per heavy atom. The Bertz CT molecular complexity index is 1010. The Morgan fingerprint density at radius 3 is 2.50 bits per heavy atom. The fourth-order valence-corrected chi connectivity index (χ4v) is 3.07. The minimum Gasteiger partial charge on any atom is -0.322 e. The summed E-state index contributed by atoms with van der Waals surface area (Å²) in [6, 6.07) is 14.4. The molecule has 0 aliphatic heterocycles. The van der Waals surface area contributed by atoms with Crippen LogP contribution in [-0.2, 0) is 11.2 Å². The molecule has 1 aromatic heterocycles. The SMILES string of the molecule is CCc1c(C(=O)Nc2ccc(N(C)C(C)=O)cc2)cnn1-c1cccc(Cl)c1. The number of aromatic nitrogens is 2. The predicted molar refractivity (Wildman–Crippen MR) is 111 cm³/mol. The van der Waals surface area contributed by atoms with Crippen molar-refractivity contribution in [3.63, 3.8) is 0 Å². The second-order valence-corrected chi connectivity index (χ2v) is 6.77. The van der Waals surface area contributed by atoms with Crippen molar-refractivity contribution in [2.24, 2.45) is 0 Å². The van der Waals surface area contributed by atoms with Gasteiger partial charge < -0.3 is 10.2 Å². The molecule has 1 N–H and O–H groups in total. The van der Waals surface area contributed by atoms with E-state index in [1.54, 1.807) is 54.3 Å². The molecule has 3 rings (SSSR count). The summed E-state index contributed by atoms with van der Waals surface area (Å²) in [5.74, 6) is -0.296. The van der Waals surface area contributed by atoms with Gasteiger partial charge in [-0.05, 0) is 48.9 Å². The minimum atomic E-state index is -0.238. The molecular formula is C21H21ClN4O2. The van der Waals surface area contributed by atoms with E-state index in [0.717, 1.165) is 17.1 Å². The second kappa shape index (κ2) is 8.27. The molecule has 3 aromatic rings. The van der Waals surface area contributed by atoms with Crippen molar-refractivity contribution in [3.8, 4) is 5.69 Å². The standard InChI is InChI=1S/C21H21ClN4O2/c1-4-20-19(13-23-26(20)18-7-5-6-15(22)12-18)21(28)24-16-8-10-17(11-9-16)25(3)14(2)27/h5-13H,4H2,1-3H3,(H,24,28). The van der Waals surface area contributed by atoms with Crippen LogP contribution in [0.5, 0.6) is 0 Å². The van der Waals surface area contributed by atoms with Gasteiger partial charge in [0.2, 0.25) is 5.91 Å². The monoisotopic (exact) mass is 396 g/mol. The van der Waals surface area contributed by atoms with Gasteiger partial charge in [0.05, 0.1) is 23.1 Å². The third-order valence-corrected chi connectivity index (χ3v) is 4.72. The topological polar surface area (TPSA) is 67.2 Å². The van der Waals surface area contributed by atoms with E-state index in [0.29, 0.717) is 22.7 Å². The molecular weight excluding hydrogens is 376 g/mol. The quantitative estimate of drug-likeness (QED) is 0.698. The molecule has 0 unspecified atom stereocenters. The lowest BCUT2D eigenvalue weighted by Crippen LogP contribution is -2.22. The largest absolute Gasteiger partial charge is 0.322 e. The van der Waals surface area contributed by atoms with Gasteiger partial charge in [-0.25, -0.2) is 4.68 Å².